The molecule has 3 N–H and O–H groups in total. The minimum Gasteiger partial charge on any atom is -0.481 e. The molecule has 4 nitrogen and oxygen atoms in total. The van der Waals surface area contributed by atoms with Crippen molar-refractivity contribution in [3.05, 3.63) is 48.6 Å². The summed E-state index contributed by atoms with van der Waals surface area (Å²) in [5.74, 6) is -1.22. The molecule has 0 aliphatic rings. The van der Waals surface area contributed by atoms with Gasteiger partial charge in [0, 0.05) is 6.42 Å². The van der Waals surface area contributed by atoms with E-state index in [0.717, 1.165) is 6.42 Å². The van der Waals surface area contributed by atoms with E-state index < -0.39 is 30.8 Å². The van der Waals surface area contributed by atoms with Gasteiger partial charge in [0.2, 0.25) is 0 Å². The second kappa shape index (κ2) is 15.8. The number of unbranched alkanes of at least 4 members (excludes halogenated alkanes) is 3. The molecule has 0 bridgehead atoms. The van der Waals surface area contributed by atoms with Crippen LogP contribution in [0.1, 0.15) is 51.9 Å². The van der Waals surface area contributed by atoms with Crippen molar-refractivity contribution in [1.82, 2.24) is 0 Å². The van der Waals surface area contributed by atoms with Crippen LogP contribution in [0.15, 0.2) is 48.6 Å². The molecular formula is C20H31FO4. The van der Waals surface area contributed by atoms with Gasteiger partial charge in [-0.1, -0.05) is 68.4 Å². The Balaban J connectivity index is 3.93. The lowest BCUT2D eigenvalue weighted by Gasteiger charge is -2.07. The van der Waals surface area contributed by atoms with Crippen LogP contribution in [0, 0.1) is 0 Å². The van der Waals surface area contributed by atoms with Crippen molar-refractivity contribution in [3.8, 4) is 0 Å². The fourth-order valence-electron chi connectivity index (χ4n) is 2.07. The normalized spacial score (nSPS) is 16.3. The predicted octanol–water partition coefficient (Wildman–Crippen LogP) is 4.11. The third-order valence-electron chi connectivity index (χ3n) is 3.41. The van der Waals surface area contributed by atoms with Crippen molar-refractivity contribution >= 4 is 5.97 Å². The molecule has 0 spiro atoms. The average molecular weight is 354 g/mol. The van der Waals surface area contributed by atoms with Gasteiger partial charge in [-0.15, -0.1) is 0 Å². The number of aliphatic carboxylic acids is 1. The van der Waals surface area contributed by atoms with E-state index in [1.165, 1.54) is 25.3 Å². The maximum atomic E-state index is 13.2. The van der Waals surface area contributed by atoms with Crippen molar-refractivity contribution in [2.24, 2.45) is 0 Å². The summed E-state index contributed by atoms with van der Waals surface area (Å²) in [4.78, 5) is 10.3. The zero-order chi connectivity index (χ0) is 18.9. The van der Waals surface area contributed by atoms with Gasteiger partial charge in [-0.3, -0.25) is 4.79 Å². The molecule has 0 aromatic rings. The zero-order valence-electron chi connectivity index (χ0n) is 14.9. The summed E-state index contributed by atoms with van der Waals surface area (Å²) in [5.41, 5.74) is 0. The number of hydrogen-bond acceptors (Lipinski definition) is 3. The standard InChI is InChI=1S/C20H31FO4/c1-2-3-4-5-6-9-12-18(22)13-10-7-8-11-14-19(23)15-17(21)16-20(24)25/h6-11,13-14,17-19,22-23H,2-5,12,15-16H2,1H3,(H,24,25)/b8-7+,9-6-,13-10+,14-11-/t17?,18-,19-/m1/s1. The lowest BCUT2D eigenvalue weighted by Crippen LogP contribution is -2.15. The van der Waals surface area contributed by atoms with Gasteiger partial charge in [-0.25, -0.2) is 4.39 Å². The van der Waals surface area contributed by atoms with Gasteiger partial charge in [0.25, 0.3) is 0 Å². The Morgan fingerprint density at radius 2 is 1.64 bits per heavy atom. The maximum absolute atomic E-state index is 13.2. The van der Waals surface area contributed by atoms with E-state index in [2.05, 4.69) is 13.0 Å². The van der Waals surface area contributed by atoms with Crippen LogP contribution in [0.2, 0.25) is 0 Å². The second-order valence-corrected chi connectivity index (χ2v) is 5.92. The Hall–Kier alpha value is -1.72. The van der Waals surface area contributed by atoms with E-state index in [4.69, 9.17) is 5.11 Å². The van der Waals surface area contributed by atoms with Crippen LogP contribution in [-0.4, -0.2) is 39.7 Å². The van der Waals surface area contributed by atoms with Crippen molar-refractivity contribution in [3.63, 3.8) is 0 Å². The van der Waals surface area contributed by atoms with Gasteiger partial charge in [-0.2, -0.15) is 0 Å². The highest BCUT2D eigenvalue weighted by atomic mass is 19.1. The molecule has 0 rings (SSSR count). The molecule has 1 unspecified atom stereocenters. The first kappa shape index (κ1) is 23.3. The summed E-state index contributed by atoms with van der Waals surface area (Å²) >= 11 is 0. The lowest BCUT2D eigenvalue weighted by atomic mass is 10.1. The summed E-state index contributed by atoms with van der Waals surface area (Å²) < 4.78 is 13.2. The molecule has 0 aromatic heterocycles. The fraction of sp³-hybridized carbons (Fsp3) is 0.550. The smallest absolute Gasteiger partial charge is 0.306 e. The molecule has 0 aromatic carbocycles. The molecule has 0 saturated carbocycles. The number of carbonyl (C=O) groups is 1. The quantitative estimate of drug-likeness (QED) is 0.249. The summed E-state index contributed by atoms with van der Waals surface area (Å²) in [6.45, 7) is 2.17. The highest BCUT2D eigenvalue weighted by Crippen LogP contribution is 2.08. The Labute approximate surface area is 150 Å². The number of halogens is 1. The van der Waals surface area contributed by atoms with Crippen molar-refractivity contribution in [2.75, 3.05) is 0 Å². The fourth-order valence-corrected chi connectivity index (χ4v) is 2.07. The van der Waals surface area contributed by atoms with Gasteiger partial charge in [0.1, 0.15) is 6.17 Å². The van der Waals surface area contributed by atoms with Gasteiger partial charge in [-0.05, 0) is 19.3 Å². The van der Waals surface area contributed by atoms with E-state index in [-0.39, 0.29) is 6.42 Å². The molecule has 0 radical (unpaired) electrons. The maximum Gasteiger partial charge on any atom is 0.306 e. The second-order valence-electron chi connectivity index (χ2n) is 5.92. The highest BCUT2D eigenvalue weighted by molar-refractivity contribution is 5.67. The first-order chi connectivity index (χ1) is 12.0. The summed E-state index contributed by atoms with van der Waals surface area (Å²) in [6.07, 6.45) is 15.0. The van der Waals surface area contributed by atoms with E-state index in [1.54, 1.807) is 30.4 Å². The van der Waals surface area contributed by atoms with Crippen LogP contribution in [0.4, 0.5) is 4.39 Å². The van der Waals surface area contributed by atoms with Crippen LogP contribution in [0.25, 0.3) is 0 Å². The Morgan fingerprint density at radius 1 is 1.00 bits per heavy atom. The number of carboxylic acids is 1. The largest absolute Gasteiger partial charge is 0.481 e. The molecular weight excluding hydrogens is 323 g/mol. The van der Waals surface area contributed by atoms with Crippen molar-refractivity contribution in [1.29, 1.82) is 0 Å². The highest BCUT2D eigenvalue weighted by Gasteiger charge is 2.14. The number of hydrogen-bond donors (Lipinski definition) is 3. The third-order valence-corrected chi connectivity index (χ3v) is 3.41. The lowest BCUT2D eigenvalue weighted by molar-refractivity contribution is -0.138. The number of aliphatic hydroxyl groups excluding tert-OH is 2. The van der Waals surface area contributed by atoms with E-state index in [1.807, 2.05) is 6.08 Å². The zero-order valence-corrected chi connectivity index (χ0v) is 14.9. The Bertz CT molecular complexity index is 455. The van der Waals surface area contributed by atoms with Crippen molar-refractivity contribution in [2.45, 2.75) is 70.2 Å². The molecule has 0 amide bonds. The first-order valence-corrected chi connectivity index (χ1v) is 8.84. The Kier molecular flexibility index (Phi) is 14.7. The summed E-state index contributed by atoms with van der Waals surface area (Å²) in [5, 5.41) is 27.7. The molecule has 0 fully saturated rings. The molecule has 0 saturated heterocycles. The molecule has 0 aliphatic carbocycles. The third kappa shape index (κ3) is 16.9. The Morgan fingerprint density at radius 3 is 2.24 bits per heavy atom. The van der Waals surface area contributed by atoms with Gasteiger partial charge < -0.3 is 15.3 Å². The predicted molar refractivity (Wildman–Crippen MR) is 99.1 cm³/mol. The molecule has 0 aliphatic heterocycles. The van der Waals surface area contributed by atoms with Crippen molar-refractivity contribution < 1.29 is 24.5 Å². The van der Waals surface area contributed by atoms with E-state index in [9.17, 15) is 19.4 Å². The molecule has 142 valence electrons. The molecule has 25 heavy (non-hydrogen) atoms. The number of alkyl halides is 1. The van der Waals surface area contributed by atoms with Gasteiger partial charge in [0.05, 0.1) is 18.6 Å². The molecule has 5 heteroatoms. The topological polar surface area (TPSA) is 77.8 Å². The van der Waals surface area contributed by atoms with Crippen LogP contribution < -0.4 is 0 Å². The number of carboxylic acid groups (broad SMARTS) is 1. The number of aliphatic hydroxyl groups is 2. The molecule has 0 heterocycles. The SMILES string of the molecule is CCCCC/C=C\C[C@@H](O)/C=C/C=C/C=C\[C@@H](O)CC(F)CC(=O)O. The number of allylic oxidation sites excluding steroid dienone is 5. The van der Waals surface area contributed by atoms with E-state index in [0.29, 0.717) is 6.42 Å². The van der Waals surface area contributed by atoms with Gasteiger partial charge in [0.15, 0.2) is 0 Å². The van der Waals surface area contributed by atoms with Crippen LogP contribution in [0.5, 0.6) is 0 Å². The number of rotatable bonds is 14. The minimum atomic E-state index is -1.56. The van der Waals surface area contributed by atoms with Gasteiger partial charge >= 0.3 is 5.97 Å². The van der Waals surface area contributed by atoms with Crippen LogP contribution in [0.3, 0.4) is 0 Å². The first-order valence-electron chi connectivity index (χ1n) is 8.84. The monoisotopic (exact) mass is 354 g/mol. The summed E-state index contributed by atoms with van der Waals surface area (Å²) in [7, 11) is 0. The van der Waals surface area contributed by atoms with E-state index >= 15 is 0 Å². The average Bonchev–Trinajstić information content (AvgIpc) is 2.53. The molecule has 3 atom stereocenters. The van der Waals surface area contributed by atoms with Crippen LogP contribution >= 0.6 is 0 Å². The minimum absolute atomic E-state index is 0.240. The summed E-state index contributed by atoms with van der Waals surface area (Å²) in [6, 6.07) is 0. The van der Waals surface area contributed by atoms with Crippen LogP contribution in [-0.2, 0) is 4.79 Å².